The van der Waals surface area contributed by atoms with Crippen LogP contribution in [-0.2, 0) is 4.79 Å². The second-order valence-electron chi connectivity index (χ2n) is 7.65. The minimum atomic E-state index is 0.293. The molecule has 20 heavy (non-hydrogen) atoms. The van der Waals surface area contributed by atoms with Gasteiger partial charge < -0.3 is 0 Å². The summed E-state index contributed by atoms with van der Waals surface area (Å²) in [5, 5.41) is 0. The molecule has 116 valence electrons. The maximum Gasteiger partial charge on any atom is 0.155 e. The molecular formula is C19H34O. The van der Waals surface area contributed by atoms with E-state index in [-0.39, 0.29) is 0 Å². The second-order valence-corrected chi connectivity index (χ2v) is 7.65. The lowest BCUT2D eigenvalue weighted by Crippen LogP contribution is -2.42. The highest BCUT2D eigenvalue weighted by atomic mass is 16.1. The number of carbonyl (C=O) groups excluding carboxylic acids is 1. The molecule has 0 spiro atoms. The molecule has 0 saturated heterocycles. The zero-order chi connectivity index (χ0) is 15.7. The van der Waals surface area contributed by atoms with Gasteiger partial charge in [0, 0.05) is 0 Å². The molecule has 3 atom stereocenters. The molecule has 3 unspecified atom stereocenters. The first kappa shape index (κ1) is 17.5. The topological polar surface area (TPSA) is 17.1 Å². The van der Waals surface area contributed by atoms with E-state index in [1.165, 1.54) is 18.4 Å². The summed E-state index contributed by atoms with van der Waals surface area (Å²) in [6.45, 7) is 17.9. The summed E-state index contributed by atoms with van der Waals surface area (Å²) >= 11 is 0. The van der Waals surface area contributed by atoms with Crippen molar-refractivity contribution in [1.82, 2.24) is 0 Å². The van der Waals surface area contributed by atoms with Crippen LogP contribution in [0.3, 0.4) is 0 Å². The Morgan fingerprint density at radius 1 is 1.25 bits per heavy atom. The molecule has 0 aromatic carbocycles. The van der Waals surface area contributed by atoms with Gasteiger partial charge in [0.2, 0.25) is 0 Å². The van der Waals surface area contributed by atoms with Gasteiger partial charge in [0.25, 0.3) is 0 Å². The van der Waals surface area contributed by atoms with Crippen molar-refractivity contribution in [3.63, 3.8) is 0 Å². The lowest BCUT2D eigenvalue weighted by Gasteiger charge is -2.50. The van der Waals surface area contributed by atoms with E-state index in [0.717, 1.165) is 12.0 Å². The zero-order valence-electron chi connectivity index (χ0n) is 14.8. The fourth-order valence-electron chi connectivity index (χ4n) is 4.26. The molecule has 1 aliphatic carbocycles. The normalized spacial score (nSPS) is 29.2. The minimum Gasteiger partial charge on any atom is -0.295 e. The maximum absolute atomic E-state index is 12.1. The number of ketones is 1. The average Bonchev–Trinajstić information content (AvgIpc) is 2.37. The SMILES string of the molecule is CCC(C)C1(C(C)C)CC(C(C)=O)=C(C)C(C(C)C)C1. The molecule has 0 aromatic rings. The molecule has 1 heteroatoms. The van der Waals surface area contributed by atoms with E-state index in [0.29, 0.717) is 34.9 Å². The Kier molecular flexibility index (Phi) is 5.63. The Hall–Kier alpha value is -0.590. The minimum absolute atomic E-state index is 0.293. The third-order valence-electron chi connectivity index (χ3n) is 6.11. The van der Waals surface area contributed by atoms with Gasteiger partial charge in [-0.1, -0.05) is 53.5 Å². The van der Waals surface area contributed by atoms with Gasteiger partial charge in [0.15, 0.2) is 5.78 Å². The highest BCUT2D eigenvalue weighted by Crippen LogP contribution is 2.54. The summed E-state index contributed by atoms with van der Waals surface area (Å²) in [4.78, 5) is 12.1. The van der Waals surface area contributed by atoms with Gasteiger partial charge in [0.05, 0.1) is 0 Å². The third-order valence-corrected chi connectivity index (χ3v) is 6.11. The van der Waals surface area contributed by atoms with E-state index in [4.69, 9.17) is 0 Å². The van der Waals surface area contributed by atoms with E-state index in [1.807, 2.05) is 0 Å². The average molecular weight is 278 g/mol. The largest absolute Gasteiger partial charge is 0.295 e. The van der Waals surface area contributed by atoms with Crippen LogP contribution in [0.5, 0.6) is 0 Å². The van der Waals surface area contributed by atoms with Crippen molar-refractivity contribution in [1.29, 1.82) is 0 Å². The van der Waals surface area contributed by atoms with Crippen LogP contribution in [-0.4, -0.2) is 5.78 Å². The summed E-state index contributed by atoms with van der Waals surface area (Å²) < 4.78 is 0. The highest BCUT2D eigenvalue weighted by molar-refractivity contribution is 5.94. The summed E-state index contributed by atoms with van der Waals surface area (Å²) in [6.07, 6.45) is 3.44. The summed E-state index contributed by atoms with van der Waals surface area (Å²) in [7, 11) is 0. The molecule has 1 nitrogen and oxygen atoms in total. The molecule has 1 aliphatic rings. The van der Waals surface area contributed by atoms with Gasteiger partial charge in [-0.25, -0.2) is 0 Å². The summed E-state index contributed by atoms with van der Waals surface area (Å²) in [5.74, 6) is 2.78. The van der Waals surface area contributed by atoms with E-state index in [9.17, 15) is 4.79 Å². The number of allylic oxidation sites excluding steroid dienone is 2. The quantitative estimate of drug-likeness (QED) is 0.635. The number of rotatable bonds is 5. The molecule has 0 aromatic heterocycles. The Labute approximate surface area is 126 Å². The number of carbonyl (C=O) groups is 1. The number of hydrogen-bond donors (Lipinski definition) is 0. The van der Waals surface area contributed by atoms with E-state index in [1.54, 1.807) is 6.92 Å². The van der Waals surface area contributed by atoms with Crippen molar-refractivity contribution >= 4 is 5.78 Å². The van der Waals surface area contributed by atoms with Crippen molar-refractivity contribution in [2.24, 2.45) is 29.1 Å². The van der Waals surface area contributed by atoms with Gasteiger partial charge in [-0.05, 0) is 61.3 Å². The monoisotopic (exact) mass is 278 g/mol. The van der Waals surface area contributed by atoms with Crippen molar-refractivity contribution in [3.05, 3.63) is 11.1 Å². The predicted octanol–water partition coefficient (Wildman–Crippen LogP) is 5.65. The summed E-state index contributed by atoms with van der Waals surface area (Å²) in [5.41, 5.74) is 2.79. The van der Waals surface area contributed by atoms with E-state index < -0.39 is 0 Å². The number of Topliss-reactive ketones (excluding diaryl/α,β-unsaturated/α-hetero) is 1. The number of hydrogen-bond acceptors (Lipinski definition) is 1. The molecule has 0 bridgehead atoms. The first-order chi connectivity index (χ1) is 9.17. The van der Waals surface area contributed by atoms with Crippen LogP contribution in [0.1, 0.15) is 74.7 Å². The van der Waals surface area contributed by atoms with Gasteiger partial charge >= 0.3 is 0 Å². The van der Waals surface area contributed by atoms with Gasteiger partial charge in [-0.2, -0.15) is 0 Å². The van der Waals surface area contributed by atoms with Crippen LogP contribution in [0, 0.1) is 29.1 Å². The smallest absolute Gasteiger partial charge is 0.155 e. The Morgan fingerprint density at radius 3 is 2.15 bits per heavy atom. The van der Waals surface area contributed by atoms with Gasteiger partial charge in [-0.15, -0.1) is 0 Å². The molecule has 0 heterocycles. The third kappa shape index (κ3) is 3.02. The molecule has 0 saturated carbocycles. The Bertz CT molecular complexity index is 389. The fraction of sp³-hybridized carbons (Fsp3) is 0.842. The lowest BCUT2D eigenvalue weighted by molar-refractivity contribution is -0.114. The molecule has 0 N–H and O–H groups in total. The Morgan fingerprint density at radius 2 is 1.80 bits per heavy atom. The van der Waals surface area contributed by atoms with Crippen molar-refractivity contribution < 1.29 is 4.79 Å². The Balaban J connectivity index is 3.35. The van der Waals surface area contributed by atoms with Crippen LogP contribution in [0.25, 0.3) is 0 Å². The highest BCUT2D eigenvalue weighted by Gasteiger charge is 2.45. The van der Waals surface area contributed by atoms with Crippen LogP contribution < -0.4 is 0 Å². The second kappa shape index (κ2) is 6.45. The van der Waals surface area contributed by atoms with Crippen LogP contribution in [0.15, 0.2) is 11.1 Å². The van der Waals surface area contributed by atoms with Gasteiger partial charge in [0.1, 0.15) is 0 Å². The molecule has 0 fully saturated rings. The molecular weight excluding hydrogens is 244 g/mol. The molecule has 0 amide bonds. The van der Waals surface area contributed by atoms with Crippen LogP contribution in [0.2, 0.25) is 0 Å². The zero-order valence-corrected chi connectivity index (χ0v) is 14.8. The van der Waals surface area contributed by atoms with Crippen LogP contribution in [0.4, 0.5) is 0 Å². The van der Waals surface area contributed by atoms with Crippen molar-refractivity contribution in [2.45, 2.75) is 74.7 Å². The van der Waals surface area contributed by atoms with E-state index in [2.05, 4.69) is 48.5 Å². The van der Waals surface area contributed by atoms with E-state index >= 15 is 0 Å². The molecule has 1 rings (SSSR count). The first-order valence-corrected chi connectivity index (χ1v) is 8.37. The molecule has 0 radical (unpaired) electrons. The van der Waals surface area contributed by atoms with Crippen molar-refractivity contribution in [2.75, 3.05) is 0 Å². The standard InChI is InChI=1S/C19H34O/c1-9-14(6)19(13(4)5)10-17(12(2)3)15(7)18(11-19)16(8)20/h12-14,17H,9-11H2,1-8H3. The fourth-order valence-corrected chi connectivity index (χ4v) is 4.26. The summed E-state index contributed by atoms with van der Waals surface area (Å²) in [6, 6.07) is 0. The van der Waals surface area contributed by atoms with Crippen molar-refractivity contribution in [3.8, 4) is 0 Å². The maximum atomic E-state index is 12.1. The lowest BCUT2D eigenvalue weighted by atomic mass is 9.54. The first-order valence-electron chi connectivity index (χ1n) is 8.37. The van der Waals surface area contributed by atoms with Gasteiger partial charge in [-0.3, -0.25) is 4.79 Å². The van der Waals surface area contributed by atoms with Crippen LogP contribution >= 0.6 is 0 Å². The predicted molar refractivity (Wildman–Crippen MR) is 87.7 cm³/mol. The molecule has 0 aliphatic heterocycles.